The van der Waals surface area contributed by atoms with Crippen molar-refractivity contribution in [2.75, 3.05) is 0 Å². The largest absolute Gasteiger partial charge is 0.265 e. The van der Waals surface area contributed by atoms with Crippen LogP contribution in [0.3, 0.4) is 0 Å². The summed E-state index contributed by atoms with van der Waals surface area (Å²) in [5.74, 6) is 0.997. The Hall–Kier alpha value is -1.02. The molecule has 0 saturated heterocycles. The van der Waals surface area contributed by atoms with Gasteiger partial charge in [0.15, 0.2) is 0 Å². The lowest BCUT2D eigenvalue weighted by Crippen LogP contribution is -2.10. The number of hydrogen-bond donors (Lipinski definition) is 1. The van der Waals surface area contributed by atoms with Crippen molar-refractivity contribution in [2.24, 2.45) is 16.8 Å². The molecule has 0 amide bonds. The van der Waals surface area contributed by atoms with E-state index >= 15 is 0 Å². The summed E-state index contributed by atoms with van der Waals surface area (Å²) in [6.45, 7) is 4.28. The first kappa shape index (κ1) is 13.0. The van der Waals surface area contributed by atoms with Crippen LogP contribution in [0, 0.1) is 11.8 Å². The first-order chi connectivity index (χ1) is 7.74. The maximum atomic E-state index is 4.33. The maximum absolute atomic E-state index is 4.33. The van der Waals surface area contributed by atoms with Crippen molar-refractivity contribution in [3.8, 4) is 0 Å². The third kappa shape index (κ3) is 4.67. The van der Waals surface area contributed by atoms with Crippen LogP contribution in [0.5, 0.6) is 0 Å². The normalized spacial score (nSPS) is 19.3. The Labute approximate surface area is 104 Å². The molecule has 1 rings (SSSR count). The molecule has 0 saturated carbocycles. The van der Waals surface area contributed by atoms with Crippen LogP contribution in [-0.2, 0) is 0 Å². The highest BCUT2D eigenvalue weighted by atomic mass is 32.1. The Morgan fingerprint density at radius 3 is 2.50 bits per heavy atom. The van der Waals surface area contributed by atoms with Crippen LogP contribution in [0.15, 0.2) is 53.1 Å². The Morgan fingerprint density at radius 1 is 1.31 bits per heavy atom. The minimum absolute atomic E-state index is 0.488. The third-order valence-electron chi connectivity index (χ3n) is 2.73. The molecule has 0 N–H and O–H groups in total. The third-order valence-corrected chi connectivity index (χ3v) is 2.87. The molecule has 0 aromatic heterocycles. The highest BCUT2D eigenvalue weighted by Crippen LogP contribution is 2.18. The maximum Gasteiger partial charge on any atom is 0.0327 e. The monoisotopic (exact) mass is 233 g/mol. The topological polar surface area (TPSA) is 12.4 Å². The fourth-order valence-corrected chi connectivity index (χ4v) is 1.69. The van der Waals surface area contributed by atoms with Gasteiger partial charge in [-0.3, -0.25) is 4.99 Å². The van der Waals surface area contributed by atoms with Crippen LogP contribution in [-0.4, -0.2) is 5.71 Å². The van der Waals surface area contributed by atoms with Crippen molar-refractivity contribution in [3.05, 3.63) is 48.1 Å². The molecular weight excluding hydrogens is 214 g/mol. The quantitative estimate of drug-likeness (QED) is 0.552. The summed E-state index contributed by atoms with van der Waals surface area (Å²) in [7, 11) is 0. The fraction of sp³-hybridized carbons (Fsp3) is 0.357. The fourth-order valence-electron chi connectivity index (χ4n) is 1.62. The first-order valence-corrected chi connectivity index (χ1v) is 6.11. The molecule has 86 valence electrons. The van der Waals surface area contributed by atoms with Crippen LogP contribution in [0.4, 0.5) is 0 Å². The zero-order valence-corrected chi connectivity index (χ0v) is 10.8. The highest BCUT2D eigenvalue weighted by Gasteiger charge is 2.10. The van der Waals surface area contributed by atoms with Gasteiger partial charge in [-0.2, -0.15) is 0 Å². The Kier molecular flexibility index (Phi) is 5.94. The van der Waals surface area contributed by atoms with Gasteiger partial charge in [-0.05, 0) is 30.6 Å². The zero-order valence-electron chi connectivity index (χ0n) is 9.88. The van der Waals surface area contributed by atoms with Gasteiger partial charge >= 0.3 is 0 Å². The van der Waals surface area contributed by atoms with E-state index in [2.05, 4.69) is 67.9 Å². The van der Waals surface area contributed by atoms with Gasteiger partial charge in [-0.25, -0.2) is 0 Å². The van der Waals surface area contributed by atoms with E-state index in [9.17, 15) is 0 Å². The molecule has 0 radical (unpaired) electrons. The molecule has 2 heteroatoms. The summed E-state index contributed by atoms with van der Waals surface area (Å²) in [5, 5.41) is 1.66. The standard InChI is InChI=1S/C14H19NS/c1-12(13(2)15-9-10-16)11-14-7-5-3-4-6-8-14/h3-10,12,14,16H,11H2,1-2H3/b10-9-,15-13?. The molecule has 0 heterocycles. The number of nitrogens with zero attached hydrogens (tertiary/aromatic N) is 1. The Balaban J connectivity index is 2.53. The summed E-state index contributed by atoms with van der Waals surface area (Å²) in [6, 6.07) is 0. The van der Waals surface area contributed by atoms with Crippen LogP contribution < -0.4 is 0 Å². The molecule has 0 fully saturated rings. The van der Waals surface area contributed by atoms with E-state index in [1.165, 1.54) is 0 Å². The number of hydrogen-bond acceptors (Lipinski definition) is 2. The Bertz CT molecular complexity index is 332. The van der Waals surface area contributed by atoms with Crippen molar-refractivity contribution >= 4 is 18.3 Å². The molecule has 16 heavy (non-hydrogen) atoms. The Morgan fingerprint density at radius 2 is 1.94 bits per heavy atom. The number of rotatable bonds is 4. The summed E-state index contributed by atoms with van der Waals surface area (Å²) < 4.78 is 0. The van der Waals surface area contributed by atoms with Gasteiger partial charge in [0.2, 0.25) is 0 Å². The average Bonchev–Trinajstić information content (AvgIpc) is 2.54. The SMILES string of the molecule is CC(=N/C=C\S)C(C)CC1C=CC=CC=C1. The minimum atomic E-state index is 0.488. The second-order valence-electron chi connectivity index (χ2n) is 4.02. The highest BCUT2D eigenvalue weighted by molar-refractivity contribution is 7.83. The van der Waals surface area contributed by atoms with Crippen LogP contribution in [0.2, 0.25) is 0 Å². The average molecular weight is 233 g/mol. The van der Waals surface area contributed by atoms with Crippen molar-refractivity contribution in [2.45, 2.75) is 20.3 Å². The molecule has 0 aromatic carbocycles. The van der Waals surface area contributed by atoms with Crippen molar-refractivity contribution < 1.29 is 0 Å². The van der Waals surface area contributed by atoms with Gasteiger partial charge < -0.3 is 0 Å². The van der Waals surface area contributed by atoms with E-state index in [-0.39, 0.29) is 0 Å². The van der Waals surface area contributed by atoms with E-state index in [4.69, 9.17) is 0 Å². The molecule has 1 aliphatic carbocycles. The first-order valence-electron chi connectivity index (χ1n) is 5.59. The van der Waals surface area contributed by atoms with Crippen molar-refractivity contribution in [1.82, 2.24) is 0 Å². The van der Waals surface area contributed by atoms with Crippen LogP contribution in [0.25, 0.3) is 0 Å². The van der Waals surface area contributed by atoms with Gasteiger partial charge in [0.1, 0.15) is 0 Å². The van der Waals surface area contributed by atoms with Gasteiger partial charge in [0.25, 0.3) is 0 Å². The van der Waals surface area contributed by atoms with E-state index in [0.29, 0.717) is 11.8 Å². The van der Waals surface area contributed by atoms with Crippen molar-refractivity contribution in [1.29, 1.82) is 0 Å². The van der Waals surface area contributed by atoms with Gasteiger partial charge in [-0.15, -0.1) is 12.6 Å². The predicted octanol–water partition coefficient (Wildman–Crippen LogP) is 4.17. The predicted molar refractivity (Wildman–Crippen MR) is 75.9 cm³/mol. The molecule has 0 aromatic rings. The van der Waals surface area contributed by atoms with E-state index in [1.54, 1.807) is 11.6 Å². The molecule has 1 nitrogen and oxygen atoms in total. The van der Waals surface area contributed by atoms with Crippen molar-refractivity contribution in [3.63, 3.8) is 0 Å². The number of thiol groups is 1. The molecule has 1 aliphatic rings. The van der Waals surface area contributed by atoms with Crippen LogP contribution in [0.1, 0.15) is 20.3 Å². The summed E-state index contributed by atoms with van der Waals surface area (Å²) in [6.07, 6.45) is 15.6. The lowest BCUT2D eigenvalue weighted by molar-refractivity contribution is 0.606. The van der Waals surface area contributed by atoms with Gasteiger partial charge in [-0.1, -0.05) is 43.4 Å². The van der Waals surface area contributed by atoms with E-state index in [0.717, 1.165) is 12.1 Å². The van der Waals surface area contributed by atoms with Crippen LogP contribution >= 0.6 is 12.6 Å². The zero-order chi connectivity index (χ0) is 11.8. The van der Waals surface area contributed by atoms with Gasteiger partial charge in [0, 0.05) is 11.9 Å². The lowest BCUT2D eigenvalue weighted by Gasteiger charge is -2.14. The summed E-state index contributed by atoms with van der Waals surface area (Å²) in [4.78, 5) is 4.33. The number of aliphatic imine (C=N–C) groups is 1. The molecular formula is C14H19NS. The number of allylic oxidation sites excluding steroid dienone is 6. The lowest BCUT2D eigenvalue weighted by atomic mass is 9.92. The smallest absolute Gasteiger partial charge is 0.0327 e. The van der Waals surface area contributed by atoms with Gasteiger partial charge in [0.05, 0.1) is 0 Å². The molecule has 1 unspecified atom stereocenters. The second kappa shape index (κ2) is 7.29. The molecule has 0 bridgehead atoms. The summed E-state index contributed by atoms with van der Waals surface area (Å²) in [5.41, 5.74) is 1.16. The minimum Gasteiger partial charge on any atom is -0.265 e. The van der Waals surface area contributed by atoms with E-state index in [1.807, 2.05) is 0 Å². The van der Waals surface area contributed by atoms with E-state index < -0.39 is 0 Å². The molecule has 1 atom stereocenters. The summed E-state index contributed by atoms with van der Waals surface area (Å²) >= 11 is 3.99. The second-order valence-corrected chi connectivity index (χ2v) is 4.32. The molecule has 0 spiro atoms. The molecule has 0 aliphatic heterocycles.